The number of methoxy groups -OCH3 is 2. The van der Waals surface area contributed by atoms with Gasteiger partial charge >= 0.3 is 5.97 Å². The Morgan fingerprint density at radius 3 is 2.53 bits per heavy atom. The van der Waals surface area contributed by atoms with Crippen LogP contribution in [0.5, 0.6) is 11.5 Å². The monoisotopic (exact) mass is 544 g/mol. The summed E-state index contributed by atoms with van der Waals surface area (Å²) in [6.07, 6.45) is 4.28. The Kier molecular flexibility index (Phi) is 7.22. The van der Waals surface area contributed by atoms with E-state index < -0.39 is 5.97 Å². The lowest BCUT2D eigenvalue weighted by atomic mass is 10.00. The molecule has 1 saturated heterocycles. The summed E-state index contributed by atoms with van der Waals surface area (Å²) in [5, 5.41) is 10.1. The highest BCUT2D eigenvalue weighted by Gasteiger charge is 2.31. The predicted octanol–water partition coefficient (Wildman–Crippen LogP) is 5.99. The van der Waals surface area contributed by atoms with E-state index in [2.05, 4.69) is 4.98 Å². The van der Waals surface area contributed by atoms with Gasteiger partial charge in [-0.05, 0) is 71.7 Å². The summed E-state index contributed by atoms with van der Waals surface area (Å²) >= 11 is 6.77. The summed E-state index contributed by atoms with van der Waals surface area (Å²) in [4.78, 5) is 29.6. The van der Waals surface area contributed by atoms with Gasteiger partial charge in [0.1, 0.15) is 15.8 Å². The number of rotatable bonds is 8. The fourth-order valence-electron chi connectivity index (χ4n) is 4.40. The Balaban J connectivity index is 1.39. The number of carbonyl (C=O) groups is 2. The zero-order valence-corrected chi connectivity index (χ0v) is 22.3. The van der Waals surface area contributed by atoms with Crippen molar-refractivity contribution in [1.82, 2.24) is 9.88 Å². The number of aromatic nitrogens is 1. The Bertz CT molecular complexity index is 1590. The van der Waals surface area contributed by atoms with E-state index in [1.807, 2.05) is 48.7 Å². The van der Waals surface area contributed by atoms with Crippen molar-refractivity contribution in [1.29, 1.82) is 0 Å². The number of carboxylic acid groups (broad SMARTS) is 1. The van der Waals surface area contributed by atoms with Crippen LogP contribution >= 0.6 is 24.0 Å². The fraction of sp³-hybridized carbons (Fsp3) is 0.138. The number of nitrogens with zero attached hydrogens (tertiary/aromatic N) is 1. The number of thiocarbonyl (C=S) groups is 1. The number of ether oxygens (including phenoxy) is 2. The SMILES string of the molecule is COc1ccc(C=C2SC(=S)N(CCc3ccc(C(=O)O)cc3)C2=O)cc1-c1cc(OC)c2cc[nH]c2c1. The molecule has 0 unspecified atom stereocenters. The molecule has 2 N–H and O–H groups in total. The van der Waals surface area contributed by atoms with E-state index in [9.17, 15) is 9.59 Å². The van der Waals surface area contributed by atoms with E-state index in [1.54, 1.807) is 43.4 Å². The van der Waals surface area contributed by atoms with E-state index in [4.69, 9.17) is 26.8 Å². The topological polar surface area (TPSA) is 91.9 Å². The highest BCUT2D eigenvalue weighted by molar-refractivity contribution is 8.26. The van der Waals surface area contributed by atoms with Gasteiger partial charge in [0, 0.05) is 29.2 Å². The predicted molar refractivity (Wildman–Crippen MR) is 154 cm³/mol. The zero-order valence-electron chi connectivity index (χ0n) is 20.7. The third kappa shape index (κ3) is 5.03. The average molecular weight is 545 g/mol. The maximum atomic E-state index is 13.2. The molecule has 192 valence electrons. The average Bonchev–Trinajstić information content (AvgIpc) is 3.51. The van der Waals surface area contributed by atoms with Crippen molar-refractivity contribution >= 4 is 57.2 Å². The normalized spacial score (nSPS) is 14.5. The van der Waals surface area contributed by atoms with Gasteiger partial charge in [0.05, 0.1) is 24.7 Å². The van der Waals surface area contributed by atoms with Gasteiger partial charge in [-0.2, -0.15) is 0 Å². The van der Waals surface area contributed by atoms with Crippen LogP contribution in [0, 0.1) is 0 Å². The molecule has 0 radical (unpaired) electrons. The number of amides is 1. The first-order valence-corrected chi connectivity index (χ1v) is 13.0. The van der Waals surface area contributed by atoms with Gasteiger partial charge in [-0.3, -0.25) is 9.69 Å². The molecular weight excluding hydrogens is 520 g/mol. The summed E-state index contributed by atoms with van der Waals surface area (Å²) < 4.78 is 11.7. The molecule has 1 fully saturated rings. The van der Waals surface area contributed by atoms with E-state index in [-0.39, 0.29) is 11.5 Å². The third-order valence-electron chi connectivity index (χ3n) is 6.38. The Morgan fingerprint density at radius 1 is 1.05 bits per heavy atom. The molecule has 0 bridgehead atoms. The van der Waals surface area contributed by atoms with Crippen LogP contribution in [0.25, 0.3) is 28.1 Å². The number of H-pyrrole nitrogens is 1. The highest BCUT2D eigenvalue weighted by Crippen LogP contribution is 2.38. The molecular formula is C29H24N2O5S2. The lowest BCUT2D eigenvalue weighted by Gasteiger charge is -2.14. The lowest BCUT2D eigenvalue weighted by Crippen LogP contribution is -2.30. The van der Waals surface area contributed by atoms with Crippen molar-refractivity contribution in [3.05, 3.63) is 88.5 Å². The molecule has 1 aliphatic rings. The first-order valence-electron chi connectivity index (χ1n) is 11.8. The molecule has 9 heteroatoms. The van der Waals surface area contributed by atoms with E-state index >= 15 is 0 Å². The number of thioether (sulfide) groups is 1. The molecule has 0 atom stereocenters. The van der Waals surface area contributed by atoms with Crippen LogP contribution in [0.1, 0.15) is 21.5 Å². The van der Waals surface area contributed by atoms with Crippen LogP contribution in [-0.4, -0.2) is 52.0 Å². The number of hydrogen-bond donors (Lipinski definition) is 2. The molecule has 0 aliphatic carbocycles. The standard InChI is InChI=1S/C29H24N2O5S2/c1-35-24-8-5-18(13-22(24)20-15-23-21(9-11-30-23)25(16-20)36-2)14-26-27(32)31(29(37)38-26)12-10-17-3-6-19(7-4-17)28(33)34/h3-9,11,13-16,30H,10,12H2,1-2H3,(H,33,34). The quantitative estimate of drug-likeness (QED) is 0.208. The molecule has 2 heterocycles. The first-order chi connectivity index (χ1) is 18.4. The van der Waals surface area contributed by atoms with E-state index in [0.717, 1.165) is 38.9 Å². The number of hydrogen-bond acceptors (Lipinski definition) is 6. The molecule has 7 nitrogen and oxygen atoms in total. The minimum atomic E-state index is -0.968. The smallest absolute Gasteiger partial charge is 0.335 e. The third-order valence-corrected chi connectivity index (χ3v) is 7.76. The van der Waals surface area contributed by atoms with Gasteiger partial charge < -0.3 is 19.6 Å². The fourth-order valence-corrected chi connectivity index (χ4v) is 5.71. The second-order valence-corrected chi connectivity index (χ2v) is 10.3. The van der Waals surface area contributed by atoms with Gasteiger partial charge in [0.15, 0.2) is 0 Å². The largest absolute Gasteiger partial charge is 0.496 e. The van der Waals surface area contributed by atoms with Crippen molar-refractivity contribution in [2.45, 2.75) is 6.42 Å². The molecule has 3 aromatic carbocycles. The Morgan fingerprint density at radius 2 is 1.82 bits per heavy atom. The number of aromatic carboxylic acids is 1. The molecule has 4 aromatic rings. The van der Waals surface area contributed by atoms with Crippen molar-refractivity contribution in [3.8, 4) is 22.6 Å². The van der Waals surface area contributed by atoms with Gasteiger partial charge in [0.25, 0.3) is 5.91 Å². The Hall–Kier alpha value is -4.08. The van der Waals surface area contributed by atoms with Crippen molar-refractivity contribution in [3.63, 3.8) is 0 Å². The van der Waals surface area contributed by atoms with Crippen LogP contribution in [0.3, 0.4) is 0 Å². The lowest BCUT2D eigenvalue weighted by molar-refractivity contribution is -0.122. The minimum absolute atomic E-state index is 0.144. The van der Waals surface area contributed by atoms with Crippen LogP contribution in [0.4, 0.5) is 0 Å². The molecule has 1 aliphatic heterocycles. The minimum Gasteiger partial charge on any atom is -0.496 e. The first kappa shape index (κ1) is 25.6. The van der Waals surface area contributed by atoms with Crippen LogP contribution < -0.4 is 9.47 Å². The summed E-state index contributed by atoms with van der Waals surface area (Å²) in [6, 6.07) is 18.4. The van der Waals surface area contributed by atoms with Crippen molar-refractivity contribution in [2.24, 2.45) is 0 Å². The molecule has 0 spiro atoms. The van der Waals surface area contributed by atoms with Crippen LogP contribution in [0.15, 0.2) is 71.8 Å². The molecule has 1 amide bonds. The highest BCUT2D eigenvalue weighted by atomic mass is 32.2. The van der Waals surface area contributed by atoms with E-state index in [1.165, 1.54) is 11.8 Å². The second-order valence-electron chi connectivity index (χ2n) is 8.66. The maximum absolute atomic E-state index is 13.2. The number of aromatic amines is 1. The van der Waals surface area contributed by atoms with Gasteiger partial charge in [-0.1, -0.05) is 42.2 Å². The molecule has 5 rings (SSSR count). The van der Waals surface area contributed by atoms with Crippen molar-refractivity contribution in [2.75, 3.05) is 20.8 Å². The number of carboxylic acids is 1. The number of benzene rings is 3. The second kappa shape index (κ2) is 10.7. The van der Waals surface area contributed by atoms with Crippen LogP contribution in [-0.2, 0) is 11.2 Å². The van der Waals surface area contributed by atoms with Gasteiger partial charge in [-0.25, -0.2) is 4.79 Å². The number of fused-ring (bicyclic) bond motifs is 1. The van der Waals surface area contributed by atoms with E-state index in [0.29, 0.717) is 27.9 Å². The van der Waals surface area contributed by atoms with Gasteiger partial charge in [0.2, 0.25) is 0 Å². The molecule has 38 heavy (non-hydrogen) atoms. The van der Waals surface area contributed by atoms with Crippen LogP contribution in [0.2, 0.25) is 0 Å². The Labute approximate surface area is 229 Å². The summed E-state index contributed by atoms with van der Waals surface area (Å²) in [5.41, 5.74) is 4.75. The van der Waals surface area contributed by atoms with Crippen molar-refractivity contribution < 1.29 is 24.2 Å². The number of nitrogens with one attached hydrogen (secondary N) is 1. The van der Waals surface area contributed by atoms with Gasteiger partial charge in [-0.15, -0.1) is 0 Å². The summed E-state index contributed by atoms with van der Waals surface area (Å²) in [6.45, 7) is 0.415. The molecule has 0 saturated carbocycles. The zero-order chi connectivity index (χ0) is 26.8. The number of carbonyl (C=O) groups excluding carboxylic acids is 1. The maximum Gasteiger partial charge on any atom is 0.335 e. The molecule has 1 aromatic heterocycles. The summed E-state index contributed by atoms with van der Waals surface area (Å²) in [7, 11) is 3.27. The summed E-state index contributed by atoms with van der Waals surface area (Å²) in [5.74, 6) is 0.347.